The molecule has 76 valence electrons. The second kappa shape index (κ2) is 3.82. The molecule has 0 bridgehead atoms. The molecule has 0 saturated carbocycles. The zero-order chi connectivity index (χ0) is 10.8. The number of alkyl halides is 3. The van der Waals surface area contributed by atoms with Crippen molar-refractivity contribution in [2.75, 3.05) is 0 Å². The molecule has 0 fully saturated rings. The van der Waals surface area contributed by atoms with E-state index in [1.54, 1.807) is 0 Å². The van der Waals surface area contributed by atoms with E-state index in [2.05, 4.69) is 6.58 Å². The molecule has 1 aromatic rings. The van der Waals surface area contributed by atoms with E-state index in [1.165, 1.54) is 6.08 Å². The fourth-order valence-corrected chi connectivity index (χ4v) is 1.15. The van der Waals surface area contributed by atoms with Gasteiger partial charge in [0.05, 0.1) is 5.56 Å². The first-order chi connectivity index (χ1) is 6.45. The van der Waals surface area contributed by atoms with Crippen LogP contribution in [-0.2, 0) is 12.6 Å². The SMILES string of the molecule is C=CCc1ccc(F)cc1C(F)(F)F. The summed E-state index contributed by atoms with van der Waals surface area (Å²) in [6.45, 7) is 3.34. The standard InChI is InChI=1S/C10H8F4/c1-2-3-7-4-5-8(11)6-9(7)10(12,13)14/h2,4-6H,1,3H2. The molecule has 0 heterocycles. The maximum atomic E-state index is 12.6. The van der Waals surface area contributed by atoms with E-state index in [0.29, 0.717) is 6.07 Å². The van der Waals surface area contributed by atoms with Gasteiger partial charge < -0.3 is 0 Å². The summed E-state index contributed by atoms with van der Waals surface area (Å²) in [5, 5.41) is 0. The van der Waals surface area contributed by atoms with Gasteiger partial charge in [-0.3, -0.25) is 0 Å². The number of hydrogen-bond donors (Lipinski definition) is 0. The van der Waals surface area contributed by atoms with Gasteiger partial charge in [-0.15, -0.1) is 6.58 Å². The van der Waals surface area contributed by atoms with Crippen LogP contribution in [0, 0.1) is 5.82 Å². The van der Waals surface area contributed by atoms with Crippen LogP contribution in [0.2, 0.25) is 0 Å². The summed E-state index contributed by atoms with van der Waals surface area (Å²) < 4.78 is 49.6. The number of rotatable bonds is 2. The number of halogens is 4. The smallest absolute Gasteiger partial charge is 0.207 e. The summed E-state index contributed by atoms with van der Waals surface area (Å²) in [6.07, 6.45) is -3.09. The van der Waals surface area contributed by atoms with Crippen molar-refractivity contribution >= 4 is 0 Å². The highest BCUT2D eigenvalue weighted by molar-refractivity contribution is 5.31. The second-order valence-corrected chi connectivity index (χ2v) is 2.79. The van der Waals surface area contributed by atoms with E-state index in [1.807, 2.05) is 0 Å². The maximum absolute atomic E-state index is 12.6. The maximum Gasteiger partial charge on any atom is 0.416 e. The van der Waals surface area contributed by atoms with Crippen molar-refractivity contribution in [3.8, 4) is 0 Å². The molecule has 0 N–H and O–H groups in total. The molecule has 1 aromatic carbocycles. The van der Waals surface area contributed by atoms with Gasteiger partial charge in [-0.2, -0.15) is 13.2 Å². The van der Waals surface area contributed by atoms with E-state index in [-0.39, 0.29) is 12.0 Å². The fourth-order valence-electron chi connectivity index (χ4n) is 1.15. The number of allylic oxidation sites excluding steroid dienone is 1. The Labute approximate surface area is 78.9 Å². The van der Waals surface area contributed by atoms with Crippen molar-refractivity contribution in [1.29, 1.82) is 0 Å². The average Bonchev–Trinajstić information content (AvgIpc) is 2.07. The predicted octanol–water partition coefficient (Wildman–Crippen LogP) is 3.57. The van der Waals surface area contributed by atoms with Gasteiger partial charge >= 0.3 is 6.18 Å². The van der Waals surface area contributed by atoms with Crippen LogP contribution < -0.4 is 0 Å². The van der Waals surface area contributed by atoms with Crippen molar-refractivity contribution < 1.29 is 17.6 Å². The Hall–Kier alpha value is -1.32. The highest BCUT2D eigenvalue weighted by Crippen LogP contribution is 2.32. The van der Waals surface area contributed by atoms with Crippen molar-refractivity contribution in [2.24, 2.45) is 0 Å². The van der Waals surface area contributed by atoms with Gasteiger partial charge in [0.25, 0.3) is 0 Å². The third-order valence-electron chi connectivity index (χ3n) is 1.74. The minimum atomic E-state index is -4.51. The summed E-state index contributed by atoms with van der Waals surface area (Å²) in [5.41, 5.74) is -0.897. The monoisotopic (exact) mass is 204 g/mol. The Balaban J connectivity index is 3.22. The zero-order valence-electron chi connectivity index (χ0n) is 7.24. The second-order valence-electron chi connectivity index (χ2n) is 2.79. The van der Waals surface area contributed by atoms with E-state index in [4.69, 9.17) is 0 Å². The molecule has 0 spiro atoms. The van der Waals surface area contributed by atoms with Gasteiger partial charge in [0, 0.05) is 0 Å². The first-order valence-corrected chi connectivity index (χ1v) is 3.91. The third kappa shape index (κ3) is 2.34. The lowest BCUT2D eigenvalue weighted by molar-refractivity contribution is -0.138. The first kappa shape index (κ1) is 10.8. The Morgan fingerprint density at radius 3 is 2.43 bits per heavy atom. The molecule has 0 amide bonds. The molecular formula is C10H8F4. The minimum Gasteiger partial charge on any atom is -0.207 e. The van der Waals surface area contributed by atoms with Gasteiger partial charge in [-0.05, 0) is 24.1 Å². The molecule has 0 aliphatic rings. The molecule has 0 nitrogen and oxygen atoms in total. The lowest BCUT2D eigenvalue weighted by Gasteiger charge is -2.11. The first-order valence-electron chi connectivity index (χ1n) is 3.91. The van der Waals surface area contributed by atoms with Crippen molar-refractivity contribution in [3.63, 3.8) is 0 Å². The van der Waals surface area contributed by atoms with Crippen molar-refractivity contribution in [2.45, 2.75) is 12.6 Å². The van der Waals surface area contributed by atoms with Crippen LogP contribution >= 0.6 is 0 Å². The van der Waals surface area contributed by atoms with Crippen LogP contribution in [0.1, 0.15) is 11.1 Å². The number of hydrogen-bond acceptors (Lipinski definition) is 0. The molecule has 1 rings (SSSR count). The van der Waals surface area contributed by atoms with Crippen LogP contribution in [-0.4, -0.2) is 0 Å². The normalized spacial score (nSPS) is 11.4. The Bertz CT molecular complexity index is 338. The average molecular weight is 204 g/mol. The van der Waals surface area contributed by atoms with E-state index < -0.39 is 17.6 Å². The minimum absolute atomic E-state index is 0.0360. The van der Waals surface area contributed by atoms with Crippen LogP contribution in [0.3, 0.4) is 0 Å². The molecule has 0 aliphatic heterocycles. The lowest BCUT2D eigenvalue weighted by atomic mass is 10.0. The van der Waals surface area contributed by atoms with Crippen molar-refractivity contribution in [1.82, 2.24) is 0 Å². The Kier molecular flexibility index (Phi) is 2.93. The molecule has 0 aromatic heterocycles. The molecule has 14 heavy (non-hydrogen) atoms. The van der Waals surface area contributed by atoms with Gasteiger partial charge in [-0.25, -0.2) is 4.39 Å². The van der Waals surface area contributed by atoms with E-state index in [9.17, 15) is 17.6 Å². The van der Waals surface area contributed by atoms with Gasteiger partial charge in [0.2, 0.25) is 0 Å². The van der Waals surface area contributed by atoms with Gasteiger partial charge in [0.1, 0.15) is 5.82 Å². The fraction of sp³-hybridized carbons (Fsp3) is 0.200. The number of benzene rings is 1. The summed E-state index contributed by atoms with van der Waals surface area (Å²) in [5.74, 6) is -0.884. The zero-order valence-corrected chi connectivity index (χ0v) is 7.24. The molecule has 0 radical (unpaired) electrons. The highest BCUT2D eigenvalue weighted by atomic mass is 19.4. The molecular weight excluding hydrogens is 196 g/mol. The lowest BCUT2D eigenvalue weighted by Crippen LogP contribution is -2.09. The summed E-state index contributed by atoms with van der Waals surface area (Å²) >= 11 is 0. The van der Waals surface area contributed by atoms with E-state index >= 15 is 0 Å². The topological polar surface area (TPSA) is 0 Å². The van der Waals surface area contributed by atoms with Crippen LogP contribution in [0.4, 0.5) is 17.6 Å². The quantitative estimate of drug-likeness (QED) is 0.510. The largest absolute Gasteiger partial charge is 0.416 e. The van der Waals surface area contributed by atoms with Crippen LogP contribution in [0.15, 0.2) is 30.9 Å². The summed E-state index contributed by atoms with van der Waals surface area (Å²) in [7, 11) is 0. The molecule has 0 aliphatic carbocycles. The Morgan fingerprint density at radius 2 is 1.93 bits per heavy atom. The van der Waals surface area contributed by atoms with Crippen molar-refractivity contribution in [3.05, 3.63) is 47.8 Å². The molecule has 4 heteroatoms. The molecule has 0 atom stereocenters. The molecule has 0 saturated heterocycles. The summed E-state index contributed by atoms with van der Waals surface area (Å²) in [4.78, 5) is 0. The van der Waals surface area contributed by atoms with Crippen LogP contribution in [0.25, 0.3) is 0 Å². The van der Waals surface area contributed by atoms with Crippen LogP contribution in [0.5, 0.6) is 0 Å². The summed E-state index contributed by atoms with van der Waals surface area (Å²) in [6, 6.07) is 2.63. The highest BCUT2D eigenvalue weighted by Gasteiger charge is 2.33. The van der Waals surface area contributed by atoms with E-state index in [0.717, 1.165) is 12.1 Å². The predicted molar refractivity (Wildman–Crippen MR) is 45.3 cm³/mol. The molecule has 0 unspecified atom stereocenters. The Morgan fingerprint density at radius 1 is 1.29 bits per heavy atom. The van der Waals surface area contributed by atoms with Gasteiger partial charge in [-0.1, -0.05) is 12.1 Å². The van der Waals surface area contributed by atoms with Gasteiger partial charge in [0.15, 0.2) is 0 Å². The third-order valence-corrected chi connectivity index (χ3v) is 1.74.